The predicted octanol–water partition coefficient (Wildman–Crippen LogP) is 2.79. The van der Waals surface area contributed by atoms with Gasteiger partial charge in [-0.05, 0) is 25.7 Å². The summed E-state index contributed by atoms with van der Waals surface area (Å²) in [7, 11) is 1.64. The van der Waals surface area contributed by atoms with Crippen LogP contribution in [0.2, 0.25) is 0 Å². The molecule has 0 amide bonds. The third-order valence-electron chi connectivity index (χ3n) is 3.52. The summed E-state index contributed by atoms with van der Waals surface area (Å²) in [6.45, 7) is 6.25. The molecule has 1 fully saturated rings. The molecule has 0 aromatic carbocycles. The second kappa shape index (κ2) is 5.87. The van der Waals surface area contributed by atoms with Gasteiger partial charge in [0, 0.05) is 24.0 Å². The average Bonchev–Trinajstić information content (AvgIpc) is 2.38. The molecule has 1 aliphatic heterocycles. The van der Waals surface area contributed by atoms with Gasteiger partial charge in [-0.3, -0.25) is 0 Å². The number of rotatable bonds is 3. The van der Waals surface area contributed by atoms with Crippen LogP contribution in [0.1, 0.15) is 25.6 Å². The SMILES string of the molecule is COc1cc(N2CCC(C(C)Br)CC2)nc(C)n1. The largest absolute Gasteiger partial charge is 0.481 e. The molecular formula is C13H20BrN3O. The summed E-state index contributed by atoms with van der Waals surface area (Å²) < 4.78 is 5.20. The minimum Gasteiger partial charge on any atom is -0.481 e. The zero-order valence-corrected chi connectivity index (χ0v) is 12.8. The maximum atomic E-state index is 5.20. The van der Waals surface area contributed by atoms with Crippen LogP contribution in [0.3, 0.4) is 0 Å². The number of halogens is 1. The van der Waals surface area contributed by atoms with Crippen molar-refractivity contribution in [3.63, 3.8) is 0 Å². The van der Waals surface area contributed by atoms with E-state index in [2.05, 4.69) is 37.7 Å². The van der Waals surface area contributed by atoms with Crippen LogP contribution in [-0.4, -0.2) is 35.0 Å². The highest BCUT2D eigenvalue weighted by molar-refractivity contribution is 9.09. The third kappa shape index (κ3) is 3.13. The Morgan fingerprint density at radius 1 is 1.39 bits per heavy atom. The lowest BCUT2D eigenvalue weighted by molar-refractivity contribution is 0.391. The molecule has 0 aliphatic carbocycles. The van der Waals surface area contributed by atoms with Gasteiger partial charge in [0.25, 0.3) is 0 Å². The van der Waals surface area contributed by atoms with E-state index in [4.69, 9.17) is 4.74 Å². The van der Waals surface area contributed by atoms with Crippen molar-refractivity contribution in [1.29, 1.82) is 0 Å². The Morgan fingerprint density at radius 2 is 2.06 bits per heavy atom. The van der Waals surface area contributed by atoms with Crippen LogP contribution in [0.15, 0.2) is 6.07 Å². The average molecular weight is 314 g/mol. The molecule has 100 valence electrons. The minimum atomic E-state index is 0.598. The van der Waals surface area contributed by atoms with E-state index in [-0.39, 0.29) is 0 Å². The molecule has 1 saturated heterocycles. The van der Waals surface area contributed by atoms with E-state index in [9.17, 15) is 0 Å². The lowest BCUT2D eigenvalue weighted by Gasteiger charge is -2.34. The van der Waals surface area contributed by atoms with Gasteiger partial charge in [0.05, 0.1) is 7.11 Å². The van der Waals surface area contributed by atoms with Crippen LogP contribution in [0.4, 0.5) is 5.82 Å². The van der Waals surface area contributed by atoms with Gasteiger partial charge in [0.1, 0.15) is 11.6 Å². The first-order valence-electron chi connectivity index (χ1n) is 6.39. The summed E-state index contributed by atoms with van der Waals surface area (Å²) in [6, 6.07) is 1.92. The number of aromatic nitrogens is 2. The topological polar surface area (TPSA) is 38.2 Å². The second-order valence-electron chi connectivity index (χ2n) is 4.82. The van der Waals surface area contributed by atoms with Crippen molar-refractivity contribution in [2.45, 2.75) is 31.5 Å². The molecule has 2 rings (SSSR count). The van der Waals surface area contributed by atoms with E-state index in [1.807, 2.05) is 13.0 Å². The highest BCUT2D eigenvalue weighted by Gasteiger charge is 2.23. The number of nitrogens with zero attached hydrogens (tertiary/aromatic N) is 3. The first-order chi connectivity index (χ1) is 8.60. The molecule has 0 spiro atoms. The zero-order chi connectivity index (χ0) is 13.1. The maximum absolute atomic E-state index is 5.20. The maximum Gasteiger partial charge on any atom is 0.218 e. The molecule has 0 N–H and O–H groups in total. The summed E-state index contributed by atoms with van der Waals surface area (Å²) in [5.41, 5.74) is 0. The van der Waals surface area contributed by atoms with Crippen molar-refractivity contribution in [2.24, 2.45) is 5.92 Å². The standard InChI is InChI=1S/C13H20BrN3O/c1-9(14)11-4-6-17(7-5-11)12-8-13(18-3)16-10(2)15-12/h8-9,11H,4-7H2,1-3H3. The summed E-state index contributed by atoms with van der Waals surface area (Å²) in [6.07, 6.45) is 2.41. The third-order valence-corrected chi connectivity index (χ3v) is 4.27. The number of methoxy groups -OCH3 is 1. The lowest BCUT2D eigenvalue weighted by atomic mass is 9.94. The van der Waals surface area contributed by atoms with Gasteiger partial charge < -0.3 is 9.64 Å². The van der Waals surface area contributed by atoms with Crippen LogP contribution in [0.5, 0.6) is 5.88 Å². The monoisotopic (exact) mass is 313 g/mol. The molecule has 4 nitrogen and oxygen atoms in total. The van der Waals surface area contributed by atoms with Crippen molar-refractivity contribution in [3.05, 3.63) is 11.9 Å². The quantitative estimate of drug-likeness (QED) is 0.804. The van der Waals surface area contributed by atoms with Gasteiger partial charge in [-0.2, -0.15) is 4.98 Å². The van der Waals surface area contributed by atoms with Crippen molar-refractivity contribution in [2.75, 3.05) is 25.1 Å². The number of ether oxygens (including phenoxy) is 1. The van der Waals surface area contributed by atoms with Crippen molar-refractivity contribution >= 4 is 21.7 Å². The summed E-state index contributed by atoms with van der Waals surface area (Å²) >= 11 is 3.68. The van der Waals surface area contributed by atoms with E-state index < -0.39 is 0 Å². The second-order valence-corrected chi connectivity index (χ2v) is 6.26. The number of hydrogen-bond donors (Lipinski definition) is 0. The molecule has 0 radical (unpaired) electrons. The number of alkyl halides is 1. The van der Waals surface area contributed by atoms with Crippen LogP contribution in [0.25, 0.3) is 0 Å². The Morgan fingerprint density at radius 3 is 2.61 bits per heavy atom. The van der Waals surface area contributed by atoms with Gasteiger partial charge in [0.2, 0.25) is 5.88 Å². The van der Waals surface area contributed by atoms with Crippen molar-refractivity contribution < 1.29 is 4.74 Å². The highest BCUT2D eigenvalue weighted by Crippen LogP contribution is 2.28. The lowest BCUT2D eigenvalue weighted by Crippen LogP contribution is -2.36. The fourth-order valence-electron chi connectivity index (χ4n) is 2.38. The Bertz CT molecular complexity index is 403. The molecular weight excluding hydrogens is 294 g/mol. The molecule has 0 saturated carbocycles. The van der Waals surface area contributed by atoms with Gasteiger partial charge in [-0.1, -0.05) is 22.9 Å². The number of hydrogen-bond acceptors (Lipinski definition) is 4. The molecule has 5 heteroatoms. The fraction of sp³-hybridized carbons (Fsp3) is 0.692. The number of piperidine rings is 1. The van der Waals surface area contributed by atoms with Crippen LogP contribution in [-0.2, 0) is 0 Å². The Kier molecular flexibility index (Phi) is 4.43. The van der Waals surface area contributed by atoms with Gasteiger partial charge in [0.15, 0.2) is 0 Å². The Labute approximate surface area is 117 Å². The van der Waals surface area contributed by atoms with Gasteiger partial charge >= 0.3 is 0 Å². The molecule has 2 heterocycles. The van der Waals surface area contributed by atoms with E-state index in [1.54, 1.807) is 7.11 Å². The first-order valence-corrected chi connectivity index (χ1v) is 7.30. The predicted molar refractivity (Wildman–Crippen MR) is 76.6 cm³/mol. The highest BCUT2D eigenvalue weighted by atomic mass is 79.9. The molecule has 1 unspecified atom stereocenters. The van der Waals surface area contributed by atoms with Crippen LogP contribution >= 0.6 is 15.9 Å². The molecule has 1 atom stereocenters. The molecule has 18 heavy (non-hydrogen) atoms. The molecule has 1 aliphatic rings. The minimum absolute atomic E-state index is 0.598. The fourth-order valence-corrected chi connectivity index (χ4v) is 2.91. The van der Waals surface area contributed by atoms with Crippen molar-refractivity contribution in [3.8, 4) is 5.88 Å². The van der Waals surface area contributed by atoms with E-state index in [0.29, 0.717) is 10.7 Å². The van der Waals surface area contributed by atoms with E-state index in [1.165, 1.54) is 12.8 Å². The van der Waals surface area contributed by atoms with Crippen LogP contribution in [0, 0.1) is 12.8 Å². The smallest absolute Gasteiger partial charge is 0.218 e. The van der Waals surface area contributed by atoms with E-state index in [0.717, 1.165) is 30.6 Å². The first kappa shape index (κ1) is 13.6. The van der Waals surface area contributed by atoms with E-state index >= 15 is 0 Å². The Balaban J connectivity index is 2.07. The van der Waals surface area contributed by atoms with Crippen LogP contribution < -0.4 is 9.64 Å². The van der Waals surface area contributed by atoms with Gasteiger partial charge in [-0.25, -0.2) is 4.98 Å². The summed E-state index contributed by atoms with van der Waals surface area (Å²) in [5, 5.41) is 0. The van der Waals surface area contributed by atoms with Crippen molar-refractivity contribution in [1.82, 2.24) is 9.97 Å². The zero-order valence-electron chi connectivity index (χ0n) is 11.2. The molecule has 0 bridgehead atoms. The Hall–Kier alpha value is -0.840. The number of aryl methyl sites for hydroxylation is 1. The summed E-state index contributed by atoms with van der Waals surface area (Å²) in [4.78, 5) is 11.6. The molecule has 1 aromatic heterocycles. The normalized spacial score (nSPS) is 18.8. The van der Waals surface area contributed by atoms with Gasteiger partial charge in [-0.15, -0.1) is 0 Å². The number of anilines is 1. The molecule has 1 aromatic rings. The summed E-state index contributed by atoms with van der Waals surface area (Å²) in [5.74, 6) is 3.17.